The Morgan fingerprint density at radius 1 is 0.903 bits per heavy atom. The van der Waals surface area contributed by atoms with E-state index in [-0.39, 0.29) is 29.8 Å². The zero-order valence-corrected chi connectivity index (χ0v) is 20.4. The summed E-state index contributed by atoms with van der Waals surface area (Å²) in [5.41, 5.74) is 0.0262. The molecule has 0 bridgehead atoms. The zero-order chi connectivity index (χ0) is 23.9. The number of nitrogens with zero attached hydrogens (tertiary/aromatic N) is 1. The van der Waals surface area contributed by atoms with E-state index in [1.165, 1.54) is 0 Å². The van der Waals surface area contributed by atoms with Crippen LogP contribution in [0.2, 0.25) is 0 Å². The van der Waals surface area contributed by atoms with Crippen molar-refractivity contribution in [1.82, 2.24) is 15.5 Å². The lowest BCUT2D eigenvalue weighted by molar-refractivity contribution is -0.145. The van der Waals surface area contributed by atoms with E-state index in [0.717, 1.165) is 0 Å². The molecular weight excluding hydrogens is 394 g/mol. The molecule has 0 aromatic heterocycles. The van der Waals surface area contributed by atoms with E-state index in [1.807, 2.05) is 71.9 Å². The monoisotopic (exact) mass is 433 g/mol. The van der Waals surface area contributed by atoms with E-state index in [1.54, 1.807) is 25.7 Å². The maximum Gasteiger partial charge on any atom is 0.408 e. The van der Waals surface area contributed by atoms with Gasteiger partial charge in [-0.2, -0.15) is 0 Å². The average Bonchev–Trinajstić information content (AvgIpc) is 2.61. The average molecular weight is 434 g/mol. The number of hydrogen-bond donors (Lipinski definition) is 2. The Morgan fingerprint density at radius 2 is 1.45 bits per heavy atom. The molecule has 174 valence electrons. The van der Waals surface area contributed by atoms with Gasteiger partial charge in [-0.05, 0) is 59.9 Å². The van der Waals surface area contributed by atoms with Crippen LogP contribution >= 0.6 is 0 Å². The van der Waals surface area contributed by atoms with Crippen LogP contribution in [0.1, 0.15) is 73.9 Å². The van der Waals surface area contributed by atoms with E-state index < -0.39 is 23.8 Å². The normalized spacial score (nSPS) is 13.7. The second kappa shape index (κ2) is 11.2. The fraction of sp³-hybridized carbons (Fsp3) is 0.625. The summed E-state index contributed by atoms with van der Waals surface area (Å²) in [6.07, 6.45) is -0.661. The first-order chi connectivity index (χ1) is 14.2. The molecule has 0 spiro atoms. The molecule has 0 radical (unpaired) electrons. The summed E-state index contributed by atoms with van der Waals surface area (Å²) in [6, 6.07) is 7.19. The molecule has 2 N–H and O–H groups in total. The second-order valence-electron chi connectivity index (χ2n) is 9.68. The minimum Gasteiger partial charge on any atom is -0.444 e. The Bertz CT molecular complexity index is 739. The van der Waals surface area contributed by atoms with Gasteiger partial charge in [0.25, 0.3) is 0 Å². The topological polar surface area (TPSA) is 87.7 Å². The van der Waals surface area contributed by atoms with Crippen molar-refractivity contribution in [2.75, 3.05) is 0 Å². The van der Waals surface area contributed by atoms with Crippen LogP contribution in [0.3, 0.4) is 0 Å². The van der Waals surface area contributed by atoms with Crippen LogP contribution in [0.15, 0.2) is 30.3 Å². The van der Waals surface area contributed by atoms with Crippen LogP contribution in [-0.4, -0.2) is 46.5 Å². The molecule has 0 aliphatic heterocycles. The molecule has 7 heteroatoms. The van der Waals surface area contributed by atoms with E-state index in [2.05, 4.69) is 10.6 Å². The minimum atomic E-state index is -0.838. The van der Waals surface area contributed by atoms with Gasteiger partial charge in [-0.25, -0.2) is 4.79 Å². The number of benzene rings is 1. The highest BCUT2D eigenvalue weighted by Crippen LogP contribution is 2.26. The van der Waals surface area contributed by atoms with Crippen molar-refractivity contribution in [2.24, 2.45) is 5.92 Å². The van der Waals surface area contributed by atoms with Gasteiger partial charge < -0.3 is 20.3 Å². The number of rotatable bonds is 8. The Morgan fingerprint density at radius 3 is 1.87 bits per heavy atom. The first-order valence-electron chi connectivity index (χ1n) is 10.9. The first-order valence-corrected chi connectivity index (χ1v) is 10.9. The first kappa shape index (κ1) is 26.5. The summed E-state index contributed by atoms with van der Waals surface area (Å²) >= 11 is 0. The van der Waals surface area contributed by atoms with Crippen molar-refractivity contribution < 1.29 is 19.1 Å². The van der Waals surface area contributed by atoms with Gasteiger partial charge >= 0.3 is 6.09 Å². The van der Waals surface area contributed by atoms with Gasteiger partial charge in [0.05, 0.1) is 0 Å². The number of alkyl carbamates (subject to hydrolysis) is 1. The minimum absolute atomic E-state index is 0.0800. The number of ether oxygens (including phenoxy) is 1. The van der Waals surface area contributed by atoms with Crippen LogP contribution in [0.5, 0.6) is 0 Å². The summed E-state index contributed by atoms with van der Waals surface area (Å²) in [6.45, 7) is 16.5. The molecule has 3 amide bonds. The predicted octanol–water partition coefficient (Wildman–Crippen LogP) is 4.04. The molecule has 2 atom stereocenters. The van der Waals surface area contributed by atoms with Crippen LogP contribution in [0, 0.1) is 5.92 Å². The molecule has 0 aliphatic carbocycles. The van der Waals surface area contributed by atoms with Gasteiger partial charge in [0.15, 0.2) is 0 Å². The van der Waals surface area contributed by atoms with Crippen LogP contribution in [-0.2, 0) is 14.3 Å². The van der Waals surface area contributed by atoms with Gasteiger partial charge in [-0.15, -0.1) is 0 Å². The molecule has 0 fully saturated rings. The quantitative estimate of drug-likeness (QED) is 0.648. The van der Waals surface area contributed by atoms with Crippen molar-refractivity contribution >= 4 is 17.9 Å². The van der Waals surface area contributed by atoms with E-state index in [9.17, 15) is 14.4 Å². The predicted molar refractivity (Wildman–Crippen MR) is 122 cm³/mol. The number of hydrogen-bond acceptors (Lipinski definition) is 4. The third-order valence-corrected chi connectivity index (χ3v) is 4.49. The molecule has 0 saturated heterocycles. The molecule has 1 aromatic carbocycles. The molecule has 1 rings (SSSR count). The van der Waals surface area contributed by atoms with Crippen molar-refractivity contribution in [2.45, 2.75) is 92.1 Å². The fourth-order valence-corrected chi connectivity index (χ4v) is 3.23. The van der Waals surface area contributed by atoms with Crippen molar-refractivity contribution in [3.8, 4) is 0 Å². The van der Waals surface area contributed by atoms with Crippen molar-refractivity contribution in [3.63, 3.8) is 0 Å². The molecule has 0 saturated carbocycles. The lowest BCUT2D eigenvalue weighted by Crippen LogP contribution is -2.57. The maximum atomic E-state index is 13.7. The van der Waals surface area contributed by atoms with Gasteiger partial charge in [-0.3, -0.25) is 9.59 Å². The number of amides is 3. The van der Waals surface area contributed by atoms with Gasteiger partial charge in [-0.1, -0.05) is 44.2 Å². The molecule has 0 aliphatic rings. The molecule has 2 unspecified atom stereocenters. The van der Waals surface area contributed by atoms with Crippen LogP contribution in [0.25, 0.3) is 0 Å². The lowest BCUT2D eigenvalue weighted by Gasteiger charge is -2.38. The molecular formula is C24H39N3O4. The SMILES string of the molecule is CC(C)NC(=O)C(c1ccccc1)N(C(=O)C(NC(=O)OC(C)(C)C)C(C)C)C(C)C. The number of carbonyl (C=O) groups excluding carboxylic acids is 3. The third kappa shape index (κ3) is 8.23. The Balaban J connectivity index is 3.35. The lowest BCUT2D eigenvalue weighted by atomic mass is 9.97. The summed E-state index contributed by atoms with van der Waals surface area (Å²) < 4.78 is 5.35. The highest BCUT2D eigenvalue weighted by molar-refractivity contribution is 5.92. The molecule has 31 heavy (non-hydrogen) atoms. The molecule has 0 heterocycles. The summed E-state index contributed by atoms with van der Waals surface area (Å²) in [5.74, 6) is -0.794. The van der Waals surface area contributed by atoms with E-state index >= 15 is 0 Å². The van der Waals surface area contributed by atoms with Gasteiger partial charge in [0, 0.05) is 12.1 Å². The summed E-state index contributed by atoms with van der Waals surface area (Å²) in [7, 11) is 0. The van der Waals surface area contributed by atoms with Crippen LogP contribution in [0.4, 0.5) is 4.79 Å². The highest BCUT2D eigenvalue weighted by Gasteiger charge is 2.38. The summed E-state index contributed by atoms with van der Waals surface area (Å²) in [5, 5.41) is 5.64. The van der Waals surface area contributed by atoms with Crippen molar-refractivity contribution in [1.29, 1.82) is 0 Å². The van der Waals surface area contributed by atoms with E-state index in [4.69, 9.17) is 4.74 Å². The fourth-order valence-electron chi connectivity index (χ4n) is 3.23. The molecule has 7 nitrogen and oxygen atoms in total. The Kier molecular flexibility index (Phi) is 9.53. The smallest absolute Gasteiger partial charge is 0.408 e. The standard InChI is InChI=1S/C24H39N3O4/c1-15(2)19(26-23(30)31-24(7,8)9)22(29)27(17(5)6)20(21(28)25-16(3)4)18-13-11-10-12-14-18/h10-17,19-20H,1-9H3,(H,25,28)(H,26,30). The van der Waals surface area contributed by atoms with Crippen molar-refractivity contribution in [3.05, 3.63) is 35.9 Å². The second-order valence-corrected chi connectivity index (χ2v) is 9.68. The molecule has 1 aromatic rings. The maximum absolute atomic E-state index is 13.7. The largest absolute Gasteiger partial charge is 0.444 e. The number of carbonyl (C=O) groups is 3. The van der Waals surface area contributed by atoms with Crippen LogP contribution < -0.4 is 10.6 Å². The Labute approximate surface area is 186 Å². The van der Waals surface area contributed by atoms with Gasteiger partial charge in [0.1, 0.15) is 17.7 Å². The third-order valence-electron chi connectivity index (χ3n) is 4.49. The zero-order valence-electron chi connectivity index (χ0n) is 20.4. The van der Waals surface area contributed by atoms with Gasteiger partial charge in [0.2, 0.25) is 11.8 Å². The highest BCUT2D eigenvalue weighted by atomic mass is 16.6. The number of nitrogens with one attached hydrogen (secondary N) is 2. The van der Waals surface area contributed by atoms with E-state index in [0.29, 0.717) is 5.56 Å². The Hall–Kier alpha value is -2.57. The summed E-state index contributed by atoms with van der Waals surface area (Å²) in [4.78, 5) is 40.9.